The number of aromatic nitrogens is 4. The Morgan fingerprint density at radius 3 is 2.82 bits per heavy atom. The Bertz CT molecular complexity index is 442. The molecule has 1 saturated heterocycles. The Hall–Kier alpha value is -1.83. The van der Waals surface area contributed by atoms with Crippen molar-refractivity contribution in [3.63, 3.8) is 0 Å². The largest absolute Gasteiger partial charge is 0.297 e. The standard InChI is InChI=1S/C9H14N6O2/c1-3-6-9(17)15(8(16)4-10-6)5-7-11-13-14(2)12-7/h6,10H,3-5H2,1-2H3. The van der Waals surface area contributed by atoms with Gasteiger partial charge in [-0.3, -0.25) is 19.8 Å². The van der Waals surface area contributed by atoms with E-state index in [0.717, 1.165) is 0 Å². The molecular formula is C9H14N6O2. The molecule has 1 aliphatic heterocycles. The van der Waals surface area contributed by atoms with Crippen molar-refractivity contribution in [2.24, 2.45) is 7.05 Å². The van der Waals surface area contributed by atoms with Crippen LogP contribution in [-0.4, -0.2) is 49.5 Å². The number of amides is 2. The number of nitrogens with zero attached hydrogens (tertiary/aromatic N) is 5. The molecule has 8 nitrogen and oxygen atoms in total. The Labute approximate surface area is 98.0 Å². The first-order valence-corrected chi connectivity index (χ1v) is 5.42. The lowest BCUT2D eigenvalue weighted by Gasteiger charge is -2.30. The van der Waals surface area contributed by atoms with Gasteiger partial charge in [0.15, 0.2) is 5.82 Å². The van der Waals surface area contributed by atoms with Crippen molar-refractivity contribution in [3.8, 4) is 0 Å². The Kier molecular flexibility index (Phi) is 3.14. The molecule has 1 N–H and O–H groups in total. The molecule has 2 heterocycles. The van der Waals surface area contributed by atoms with Crippen molar-refractivity contribution in [3.05, 3.63) is 5.82 Å². The second-order valence-corrected chi connectivity index (χ2v) is 3.85. The molecule has 0 aliphatic carbocycles. The van der Waals surface area contributed by atoms with Gasteiger partial charge in [-0.05, 0) is 11.6 Å². The molecule has 92 valence electrons. The van der Waals surface area contributed by atoms with Crippen LogP contribution in [0.3, 0.4) is 0 Å². The molecular weight excluding hydrogens is 224 g/mol. The molecule has 17 heavy (non-hydrogen) atoms. The predicted octanol–water partition coefficient (Wildman–Crippen LogP) is -1.55. The fraction of sp³-hybridized carbons (Fsp3) is 0.667. The van der Waals surface area contributed by atoms with Crippen molar-refractivity contribution in [1.29, 1.82) is 0 Å². The second-order valence-electron chi connectivity index (χ2n) is 3.85. The van der Waals surface area contributed by atoms with E-state index in [2.05, 4.69) is 20.7 Å². The molecule has 1 atom stereocenters. The van der Waals surface area contributed by atoms with Crippen molar-refractivity contribution < 1.29 is 9.59 Å². The number of nitrogens with one attached hydrogen (secondary N) is 1. The molecule has 1 aromatic rings. The number of hydrogen-bond donors (Lipinski definition) is 1. The van der Waals surface area contributed by atoms with E-state index in [1.54, 1.807) is 7.05 Å². The number of aryl methyl sites for hydroxylation is 1. The molecule has 8 heteroatoms. The van der Waals surface area contributed by atoms with Gasteiger partial charge >= 0.3 is 0 Å². The van der Waals surface area contributed by atoms with Crippen LogP contribution in [0.4, 0.5) is 0 Å². The van der Waals surface area contributed by atoms with Crippen molar-refractivity contribution in [2.75, 3.05) is 6.54 Å². The van der Waals surface area contributed by atoms with Gasteiger partial charge in [-0.1, -0.05) is 6.92 Å². The smallest absolute Gasteiger partial charge is 0.246 e. The van der Waals surface area contributed by atoms with Gasteiger partial charge in [0.05, 0.1) is 26.2 Å². The fourth-order valence-electron chi connectivity index (χ4n) is 1.72. The molecule has 0 radical (unpaired) electrons. The molecule has 0 saturated carbocycles. The van der Waals surface area contributed by atoms with Gasteiger partial charge in [-0.15, -0.1) is 10.2 Å². The van der Waals surface area contributed by atoms with E-state index in [9.17, 15) is 9.59 Å². The van der Waals surface area contributed by atoms with E-state index in [-0.39, 0.29) is 30.9 Å². The average molecular weight is 238 g/mol. The molecule has 1 fully saturated rings. The number of carbonyl (C=O) groups is 2. The number of hydrogen-bond acceptors (Lipinski definition) is 6. The van der Waals surface area contributed by atoms with Crippen molar-refractivity contribution in [2.45, 2.75) is 25.9 Å². The third kappa shape index (κ3) is 2.31. The third-order valence-corrected chi connectivity index (χ3v) is 2.62. The van der Waals surface area contributed by atoms with Crippen LogP contribution in [0.1, 0.15) is 19.2 Å². The summed E-state index contributed by atoms with van der Waals surface area (Å²) in [5.74, 6) is -0.116. The summed E-state index contributed by atoms with van der Waals surface area (Å²) in [6.07, 6.45) is 0.649. The lowest BCUT2D eigenvalue weighted by atomic mass is 10.1. The van der Waals surface area contributed by atoms with Gasteiger partial charge in [0, 0.05) is 0 Å². The topological polar surface area (TPSA) is 93.0 Å². The number of imide groups is 1. The summed E-state index contributed by atoms with van der Waals surface area (Å²) in [6, 6.07) is -0.302. The van der Waals surface area contributed by atoms with Gasteiger partial charge in [-0.25, -0.2) is 0 Å². The summed E-state index contributed by atoms with van der Waals surface area (Å²) in [5, 5.41) is 14.3. The zero-order valence-electron chi connectivity index (χ0n) is 9.75. The summed E-state index contributed by atoms with van der Waals surface area (Å²) in [6.45, 7) is 2.15. The zero-order chi connectivity index (χ0) is 12.4. The van der Waals surface area contributed by atoms with E-state index < -0.39 is 0 Å². The quantitative estimate of drug-likeness (QED) is 0.641. The summed E-state index contributed by atoms with van der Waals surface area (Å²) < 4.78 is 0. The van der Waals surface area contributed by atoms with Gasteiger partial charge in [-0.2, -0.15) is 4.80 Å². The highest BCUT2D eigenvalue weighted by Gasteiger charge is 2.33. The zero-order valence-corrected chi connectivity index (χ0v) is 9.75. The van der Waals surface area contributed by atoms with Crippen LogP contribution in [0.15, 0.2) is 0 Å². The molecule has 0 bridgehead atoms. The molecule has 0 aromatic carbocycles. The van der Waals surface area contributed by atoms with Gasteiger partial charge in [0.1, 0.15) is 0 Å². The Morgan fingerprint density at radius 1 is 1.47 bits per heavy atom. The van der Waals surface area contributed by atoms with Crippen molar-refractivity contribution >= 4 is 11.8 Å². The van der Waals surface area contributed by atoms with Gasteiger partial charge in [0.25, 0.3) is 0 Å². The number of piperazine rings is 1. The van der Waals surface area contributed by atoms with Crippen LogP contribution in [-0.2, 0) is 23.2 Å². The summed E-state index contributed by atoms with van der Waals surface area (Å²) in [7, 11) is 1.63. The second kappa shape index (κ2) is 4.58. The minimum Gasteiger partial charge on any atom is -0.297 e. The maximum absolute atomic E-state index is 11.9. The lowest BCUT2D eigenvalue weighted by molar-refractivity contribution is -0.150. The van der Waals surface area contributed by atoms with Gasteiger partial charge in [0.2, 0.25) is 11.8 Å². The van der Waals surface area contributed by atoms with E-state index in [1.807, 2.05) is 6.92 Å². The summed E-state index contributed by atoms with van der Waals surface area (Å²) >= 11 is 0. The van der Waals surface area contributed by atoms with Crippen LogP contribution in [0.5, 0.6) is 0 Å². The number of rotatable bonds is 3. The SMILES string of the molecule is CCC1NCC(=O)N(Cc2nnn(C)n2)C1=O. The van der Waals surface area contributed by atoms with Crippen molar-refractivity contribution in [1.82, 2.24) is 30.4 Å². The minimum absolute atomic E-state index is 0.0870. The number of tetrazole rings is 1. The molecule has 1 aromatic heterocycles. The highest BCUT2D eigenvalue weighted by molar-refractivity contribution is 6.00. The lowest BCUT2D eigenvalue weighted by Crippen LogP contribution is -2.57. The Morgan fingerprint density at radius 2 is 2.24 bits per heavy atom. The van der Waals surface area contributed by atoms with Crippen LogP contribution < -0.4 is 5.32 Å². The first-order chi connectivity index (χ1) is 8.11. The molecule has 2 rings (SSSR count). The monoisotopic (exact) mass is 238 g/mol. The summed E-state index contributed by atoms with van der Waals surface area (Å²) in [5.41, 5.74) is 0. The minimum atomic E-state index is -0.302. The van der Waals surface area contributed by atoms with Crippen LogP contribution in [0.2, 0.25) is 0 Å². The fourth-order valence-corrected chi connectivity index (χ4v) is 1.72. The summed E-state index contributed by atoms with van der Waals surface area (Å²) in [4.78, 5) is 26.1. The van der Waals surface area contributed by atoms with Gasteiger partial charge < -0.3 is 0 Å². The highest BCUT2D eigenvalue weighted by Crippen LogP contribution is 2.08. The molecule has 1 unspecified atom stereocenters. The van der Waals surface area contributed by atoms with Crippen LogP contribution in [0, 0.1) is 0 Å². The normalized spacial score (nSPS) is 21.1. The molecule has 2 amide bonds. The average Bonchev–Trinajstić information content (AvgIpc) is 2.70. The van der Waals surface area contributed by atoms with E-state index >= 15 is 0 Å². The third-order valence-electron chi connectivity index (χ3n) is 2.62. The van der Waals surface area contributed by atoms with E-state index in [4.69, 9.17) is 0 Å². The van der Waals surface area contributed by atoms with E-state index in [0.29, 0.717) is 12.2 Å². The van der Waals surface area contributed by atoms with Crippen LogP contribution in [0.25, 0.3) is 0 Å². The molecule has 0 spiro atoms. The van der Waals surface area contributed by atoms with Crippen LogP contribution >= 0.6 is 0 Å². The molecule has 1 aliphatic rings. The van der Waals surface area contributed by atoms with E-state index in [1.165, 1.54) is 9.70 Å². The highest BCUT2D eigenvalue weighted by atomic mass is 16.2. The predicted molar refractivity (Wildman–Crippen MR) is 56.4 cm³/mol. The Balaban J connectivity index is 2.12. The maximum Gasteiger partial charge on any atom is 0.246 e. The maximum atomic E-state index is 11.9. The first kappa shape index (κ1) is 11.6. The number of carbonyl (C=O) groups excluding carboxylic acids is 2. The first-order valence-electron chi connectivity index (χ1n) is 5.42.